The summed E-state index contributed by atoms with van der Waals surface area (Å²) in [6, 6.07) is 7.44. The molecule has 10 heteroatoms. The highest BCUT2D eigenvalue weighted by molar-refractivity contribution is 6.07. The molecular weight excluding hydrogens is 483 g/mol. The number of aromatic nitrogens is 2. The van der Waals surface area contributed by atoms with Gasteiger partial charge in [-0.1, -0.05) is 12.1 Å². The molecule has 0 aliphatic carbocycles. The lowest BCUT2D eigenvalue weighted by Gasteiger charge is -2.51. The van der Waals surface area contributed by atoms with E-state index in [1.807, 2.05) is 47.0 Å². The van der Waals surface area contributed by atoms with Crippen molar-refractivity contribution in [2.75, 3.05) is 20.2 Å². The van der Waals surface area contributed by atoms with Crippen molar-refractivity contribution < 1.29 is 22.7 Å². The molecule has 3 aromatic rings. The molecule has 0 N–H and O–H groups in total. The van der Waals surface area contributed by atoms with Crippen LogP contribution in [0.4, 0.5) is 13.2 Å². The van der Waals surface area contributed by atoms with E-state index in [0.717, 1.165) is 41.9 Å². The van der Waals surface area contributed by atoms with Crippen LogP contribution in [0.3, 0.4) is 0 Å². The molecule has 1 fully saturated rings. The normalized spacial score (nSPS) is 20.3. The molecule has 1 saturated heterocycles. The first-order valence-corrected chi connectivity index (χ1v) is 11.9. The summed E-state index contributed by atoms with van der Waals surface area (Å²) in [6.07, 6.45) is 8.81. The van der Waals surface area contributed by atoms with Crippen molar-refractivity contribution in [2.24, 2.45) is 4.99 Å². The minimum absolute atomic E-state index is 0.0163. The van der Waals surface area contributed by atoms with E-state index in [1.54, 1.807) is 31.4 Å². The van der Waals surface area contributed by atoms with Crippen LogP contribution in [0.1, 0.15) is 36.6 Å². The number of hydrazine groups is 1. The van der Waals surface area contributed by atoms with Gasteiger partial charge in [0.2, 0.25) is 0 Å². The van der Waals surface area contributed by atoms with E-state index >= 15 is 0 Å². The molecular formula is C27H26F3N5O2. The molecule has 0 bridgehead atoms. The Morgan fingerprint density at radius 2 is 1.78 bits per heavy atom. The van der Waals surface area contributed by atoms with Crippen LogP contribution in [0, 0.1) is 24.4 Å². The van der Waals surface area contributed by atoms with Gasteiger partial charge in [0, 0.05) is 19.3 Å². The van der Waals surface area contributed by atoms with Gasteiger partial charge < -0.3 is 9.30 Å². The van der Waals surface area contributed by atoms with Crippen molar-refractivity contribution in [1.82, 2.24) is 19.6 Å². The number of amides is 1. The van der Waals surface area contributed by atoms with Gasteiger partial charge in [0.1, 0.15) is 17.1 Å². The van der Waals surface area contributed by atoms with Crippen LogP contribution in [0.5, 0.6) is 5.75 Å². The first kappa shape index (κ1) is 24.8. The molecule has 1 atom stereocenters. The number of aryl methyl sites for hydroxylation is 1. The van der Waals surface area contributed by atoms with Gasteiger partial charge in [-0.25, -0.2) is 18.2 Å². The number of methoxy groups -OCH3 is 1. The molecule has 0 spiro atoms. The minimum Gasteiger partial charge on any atom is -0.495 e. The number of benzene rings is 2. The quantitative estimate of drug-likeness (QED) is 0.463. The Labute approximate surface area is 212 Å². The Balaban J connectivity index is 1.49. The van der Waals surface area contributed by atoms with E-state index in [0.29, 0.717) is 24.7 Å². The third kappa shape index (κ3) is 4.31. The van der Waals surface area contributed by atoms with E-state index in [2.05, 4.69) is 9.98 Å². The summed E-state index contributed by atoms with van der Waals surface area (Å²) in [7, 11) is 1.59. The standard InChI is InChI=1S/C27H26F3N5O2/c1-17-15-33(16-31-17)22-8-6-18(12-23(22)37-3)7-9-24-32-26(36)27(2,35-11-5-4-10-34(24)35)19-13-20(28)25(30)21(29)14-19/h6-9,12-16H,4-5,10-11H2,1-3H3. The summed E-state index contributed by atoms with van der Waals surface area (Å²) in [5.41, 5.74) is 1.09. The van der Waals surface area contributed by atoms with Crippen LogP contribution in [0.25, 0.3) is 11.8 Å². The van der Waals surface area contributed by atoms with Crippen molar-refractivity contribution in [3.63, 3.8) is 0 Å². The van der Waals surface area contributed by atoms with E-state index < -0.39 is 28.9 Å². The number of rotatable bonds is 5. The lowest BCUT2D eigenvalue weighted by Crippen LogP contribution is -2.64. The Morgan fingerprint density at radius 3 is 2.46 bits per heavy atom. The van der Waals surface area contributed by atoms with Crippen molar-refractivity contribution in [1.29, 1.82) is 0 Å². The van der Waals surface area contributed by atoms with Gasteiger partial charge >= 0.3 is 0 Å². The number of ether oxygens (including phenoxy) is 1. The summed E-state index contributed by atoms with van der Waals surface area (Å²) in [5, 5.41) is 3.61. The minimum atomic E-state index is -1.57. The van der Waals surface area contributed by atoms with Crippen molar-refractivity contribution in [2.45, 2.75) is 32.2 Å². The molecule has 192 valence electrons. The molecule has 0 radical (unpaired) electrons. The number of fused-ring (bicyclic) bond motifs is 1. The molecule has 5 rings (SSSR count). The molecule has 3 heterocycles. The first-order valence-electron chi connectivity index (χ1n) is 11.9. The second-order valence-electron chi connectivity index (χ2n) is 9.24. The number of hydrogen-bond donors (Lipinski definition) is 0. The number of halogens is 3. The number of aliphatic imine (C=N–C) groups is 1. The highest BCUT2D eigenvalue weighted by atomic mass is 19.2. The fourth-order valence-corrected chi connectivity index (χ4v) is 4.82. The first-order chi connectivity index (χ1) is 17.7. The van der Waals surface area contributed by atoms with Gasteiger partial charge in [-0.3, -0.25) is 9.80 Å². The number of carbonyl (C=O) groups excluding carboxylic acids is 1. The Kier molecular flexibility index (Phi) is 6.36. The summed E-state index contributed by atoms with van der Waals surface area (Å²) in [5.74, 6) is -3.77. The second-order valence-corrected chi connectivity index (χ2v) is 9.24. The molecule has 2 aromatic carbocycles. The molecule has 2 aliphatic heterocycles. The number of amidine groups is 1. The molecule has 37 heavy (non-hydrogen) atoms. The summed E-state index contributed by atoms with van der Waals surface area (Å²) < 4.78 is 49.2. The number of imidazole rings is 1. The van der Waals surface area contributed by atoms with Crippen LogP contribution >= 0.6 is 0 Å². The maximum Gasteiger partial charge on any atom is 0.274 e. The zero-order valence-corrected chi connectivity index (χ0v) is 20.7. The van der Waals surface area contributed by atoms with E-state index in [9.17, 15) is 18.0 Å². The third-order valence-corrected chi connectivity index (χ3v) is 6.86. The van der Waals surface area contributed by atoms with E-state index in [-0.39, 0.29) is 5.56 Å². The van der Waals surface area contributed by atoms with Crippen molar-refractivity contribution in [3.05, 3.63) is 83.2 Å². The Bertz CT molecular complexity index is 1410. The molecule has 1 amide bonds. The summed E-state index contributed by atoms with van der Waals surface area (Å²) in [4.78, 5) is 21.9. The van der Waals surface area contributed by atoms with E-state index in [1.165, 1.54) is 0 Å². The highest BCUT2D eigenvalue weighted by Crippen LogP contribution is 2.38. The number of hydrogen-bond acceptors (Lipinski definition) is 5. The molecule has 7 nitrogen and oxygen atoms in total. The lowest BCUT2D eigenvalue weighted by molar-refractivity contribution is -0.148. The van der Waals surface area contributed by atoms with Crippen LogP contribution in [0.15, 0.2) is 53.9 Å². The van der Waals surface area contributed by atoms with E-state index in [4.69, 9.17) is 4.74 Å². The van der Waals surface area contributed by atoms with Gasteiger partial charge in [-0.05, 0) is 68.2 Å². The zero-order chi connectivity index (χ0) is 26.3. The maximum atomic E-state index is 14.1. The fraction of sp³-hybridized carbons (Fsp3) is 0.296. The zero-order valence-electron chi connectivity index (χ0n) is 20.7. The SMILES string of the molecule is COc1cc(C=CC2=NC(=O)C(C)(c3cc(F)c(F)c(F)c3)N3CCCCN23)ccc1-n1cnc(C)c1. The third-order valence-electron chi connectivity index (χ3n) is 6.86. The molecule has 1 aromatic heterocycles. The lowest BCUT2D eigenvalue weighted by atomic mass is 9.88. The van der Waals surface area contributed by atoms with Crippen LogP contribution in [-0.2, 0) is 10.3 Å². The summed E-state index contributed by atoms with van der Waals surface area (Å²) in [6.45, 7) is 4.51. The van der Waals surface area contributed by atoms with Gasteiger partial charge in [0.15, 0.2) is 17.5 Å². The average Bonchev–Trinajstić information content (AvgIpc) is 3.33. The van der Waals surface area contributed by atoms with Crippen LogP contribution in [0.2, 0.25) is 0 Å². The number of carbonyl (C=O) groups is 1. The maximum absolute atomic E-state index is 14.1. The molecule has 1 unspecified atom stereocenters. The average molecular weight is 510 g/mol. The fourth-order valence-electron chi connectivity index (χ4n) is 4.82. The molecule has 0 saturated carbocycles. The Morgan fingerprint density at radius 1 is 1.05 bits per heavy atom. The van der Waals surface area contributed by atoms with Gasteiger partial charge in [0.25, 0.3) is 5.91 Å². The smallest absolute Gasteiger partial charge is 0.274 e. The number of nitrogens with zero attached hydrogens (tertiary/aromatic N) is 5. The predicted molar refractivity (Wildman–Crippen MR) is 133 cm³/mol. The van der Waals surface area contributed by atoms with Gasteiger partial charge in [-0.15, -0.1) is 0 Å². The van der Waals surface area contributed by atoms with Crippen LogP contribution in [-0.4, -0.2) is 51.5 Å². The Hall–Kier alpha value is -3.92. The summed E-state index contributed by atoms with van der Waals surface area (Å²) >= 11 is 0. The van der Waals surface area contributed by atoms with Gasteiger partial charge in [-0.2, -0.15) is 10.0 Å². The van der Waals surface area contributed by atoms with Crippen molar-refractivity contribution in [3.8, 4) is 11.4 Å². The monoisotopic (exact) mass is 509 g/mol. The van der Waals surface area contributed by atoms with Crippen molar-refractivity contribution >= 4 is 17.8 Å². The second kappa shape index (κ2) is 9.51. The van der Waals surface area contributed by atoms with Gasteiger partial charge in [0.05, 0.1) is 24.8 Å². The van der Waals surface area contributed by atoms with Crippen LogP contribution < -0.4 is 4.74 Å². The predicted octanol–water partition coefficient (Wildman–Crippen LogP) is 4.79. The largest absolute Gasteiger partial charge is 0.495 e. The molecule has 2 aliphatic rings. The highest BCUT2D eigenvalue weighted by Gasteiger charge is 2.49. The topological polar surface area (TPSA) is 63.0 Å².